The summed E-state index contributed by atoms with van der Waals surface area (Å²) in [5.41, 5.74) is -0.758. The Morgan fingerprint density at radius 2 is 1.56 bits per heavy atom. The average Bonchev–Trinajstić information content (AvgIpc) is 2.81. The van der Waals surface area contributed by atoms with Crippen LogP contribution in [0.1, 0.15) is 134 Å². The second kappa shape index (κ2) is 11.1. The molecule has 4 atom stereocenters. The van der Waals surface area contributed by atoms with Crippen molar-refractivity contribution in [3.05, 3.63) is 23.3 Å². The van der Waals surface area contributed by atoms with Crippen LogP contribution in [0.2, 0.25) is 0 Å². The van der Waals surface area contributed by atoms with Gasteiger partial charge in [0, 0.05) is 16.2 Å². The summed E-state index contributed by atoms with van der Waals surface area (Å²) in [6, 6.07) is 2.16. The Kier molecular flexibility index (Phi) is 9.45. The lowest BCUT2D eigenvalue weighted by Gasteiger charge is -2.61. The van der Waals surface area contributed by atoms with Gasteiger partial charge in [-0.05, 0) is 87.0 Å². The van der Waals surface area contributed by atoms with E-state index in [-0.39, 0.29) is 45.1 Å². The van der Waals surface area contributed by atoms with Gasteiger partial charge in [-0.3, -0.25) is 14.4 Å². The van der Waals surface area contributed by atoms with E-state index in [4.69, 9.17) is 0 Å². The van der Waals surface area contributed by atoms with Crippen molar-refractivity contribution in [1.29, 1.82) is 5.26 Å². The molecule has 4 heteroatoms. The van der Waals surface area contributed by atoms with Crippen molar-refractivity contribution in [3.63, 3.8) is 0 Å². The third-order valence-corrected chi connectivity index (χ3v) is 11.4. The zero-order valence-electron chi connectivity index (χ0n) is 27.1. The number of hydrogen-bond donors (Lipinski definition) is 0. The van der Waals surface area contributed by atoms with Gasteiger partial charge in [-0.15, -0.1) is 0 Å². The summed E-state index contributed by atoms with van der Waals surface area (Å²) >= 11 is 0. The zero-order chi connectivity index (χ0) is 30.2. The lowest BCUT2D eigenvalue weighted by atomic mass is 9.42. The number of ketones is 3. The van der Waals surface area contributed by atoms with Crippen LogP contribution >= 0.6 is 0 Å². The first kappa shape index (κ1) is 33.2. The molecule has 0 bridgehead atoms. The van der Waals surface area contributed by atoms with E-state index < -0.39 is 16.2 Å². The molecule has 0 saturated heterocycles. The van der Waals surface area contributed by atoms with Crippen LogP contribution < -0.4 is 0 Å². The molecule has 1 fully saturated rings. The molecule has 2 rings (SSSR count). The minimum Gasteiger partial charge on any atom is -0.299 e. The first-order valence-electron chi connectivity index (χ1n) is 15.1. The Balaban J connectivity index is 2.53. The second-order valence-electron chi connectivity index (χ2n) is 15.5. The van der Waals surface area contributed by atoms with Crippen LogP contribution in [0.15, 0.2) is 23.3 Å². The Labute approximate surface area is 239 Å². The van der Waals surface area contributed by atoms with Crippen molar-refractivity contribution in [2.24, 2.45) is 38.4 Å². The number of nitriles is 1. The van der Waals surface area contributed by atoms with Crippen LogP contribution in [0.25, 0.3) is 0 Å². The van der Waals surface area contributed by atoms with E-state index in [2.05, 4.69) is 61.5 Å². The maximum absolute atomic E-state index is 13.2. The van der Waals surface area contributed by atoms with E-state index in [9.17, 15) is 19.6 Å². The highest BCUT2D eigenvalue weighted by Crippen LogP contribution is 2.67. The molecule has 2 aliphatic rings. The Morgan fingerprint density at radius 1 is 1.00 bits per heavy atom. The number of hydrogen-bond acceptors (Lipinski definition) is 4. The highest BCUT2D eigenvalue weighted by Gasteiger charge is 2.61. The second-order valence-corrected chi connectivity index (χ2v) is 15.5. The summed E-state index contributed by atoms with van der Waals surface area (Å²) in [4.78, 5) is 38.9. The topological polar surface area (TPSA) is 75.0 Å². The molecule has 0 N–H and O–H groups in total. The molecular formula is C35H55NO3. The van der Waals surface area contributed by atoms with Crippen LogP contribution in [0, 0.1) is 49.7 Å². The molecule has 0 radical (unpaired) electrons. The maximum atomic E-state index is 13.2. The summed E-state index contributed by atoms with van der Waals surface area (Å²) in [7, 11) is 0. The van der Waals surface area contributed by atoms with E-state index in [0.717, 1.165) is 56.9 Å². The molecule has 39 heavy (non-hydrogen) atoms. The normalized spacial score (nSPS) is 29.7. The summed E-state index contributed by atoms with van der Waals surface area (Å²) in [5.74, 6) is 0.149. The van der Waals surface area contributed by atoms with Crippen molar-refractivity contribution < 1.29 is 14.4 Å². The van der Waals surface area contributed by atoms with Crippen LogP contribution in [0.3, 0.4) is 0 Å². The average molecular weight is 538 g/mol. The minimum atomic E-state index is -0.686. The highest BCUT2D eigenvalue weighted by atomic mass is 16.1. The number of fused-ring (bicyclic) bond motifs is 1. The fraction of sp³-hybridized carbons (Fsp3) is 0.771. The van der Waals surface area contributed by atoms with Gasteiger partial charge in [-0.1, -0.05) is 87.3 Å². The van der Waals surface area contributed by atoms with Gasteiger partial charge in [0.25, 0.3) is 0 Å². The molecule has 0 heterocycles. The molecule has 0 aromatic heterocycles. The summed E-state index contributed by atoms with van der Waals surface area (Å²) in [6.07, 6.45) is 11.2. The van der Waals surface area contributed by atoms with Crippen molar-refractivity contribution >= 4 is 17.3 Å². The number of nitrogens with zero attached hydrogens (tertiary/aromatic N) is 1. The number of rotatable bonds is 11. The number of carbonyl (C=O) groups is 3. The minimum absolute atomic E-state index is 0.00681. The van der Waals surface area contributed by atoms with Crippen LogP contribution in [-0.4, -0.2) is 17.3 Å². The lowest BCUT2D eigenvalue weighted by Crippen LogP contribution is -2.55. The molecular weight excluding hydrogens is 482 g/mol. The monoisotopic (exact) mass is 537 g/mol. The fourth-order valence-electron chi connectivity index (χ4n) is 7.87. The van der Waals surface area contributed by atoms with E-state index in [1.54, 1.807) is 19.9 Å². The predicted octanol–water partition coefficient (Wildman–Crippen LogP) is 8.99. The first-order chi connectivity index (χ1) is 17.6. The first-order valence-corrected chi connectivity index (χ1v) is 15.1. The van der Waals surface area contributed by atoms with Gasteiger partial charge in [0.05, 0.1) is 5.57 Å². The Hall–Kier alpha value is -2.02. The van der Waals surface area contributed by atoms with E-state index in [1.807, 2.05) is 19.9 Å². The summed E-state index contributed by atoms with van der Waals surface area (Å²) < 4.78 is 0. The lowest BCUT2D eigenvalue weighted by molar-refractivity contribution is -0.131. The Bertz CT molecular complexity index is 1100. The molecule has 0 aliphatic heterocycles. The van der Waals surface area contributed by atoms with Gasteiger partial charge >= 0.3 is 0 Å². The van der Waals surface area contributed by atoms with Gasteiger partial charge in [0.2, 0.25) is 0 Å². The van der Waals surface area contributed by atoms with Crippen molar-refractivity contribution in [1.82, 2.24) is 0 Å². The number of allylic oxidation sites excluding steroid dienone is 4. The van der Waals surface area contributed by atoms with Gasteiger partial charge in [0.1, 0.15) is 11.9 Å². The number of carbonyl (C=O) groups excluding carboxylic acids is 3. The maximum Gasteiger partial charge on any atom is 0.178 e. The summed E-state index contributed by atoms with van der Waals surface area (Å²) in [5, 5.41) is 9.87. The molecule has 0 unspecified atom stereocenters. The van der Waals surface area contributed by atoms with Crippen LogP contribution in [0.4, 0.5) is 0 Å². The van der Waals surface area contributed by atoms with E-state index in [0.29, 0.717) is 0 Å². The molecule has 0 spiro atoms. The quantitative estimate of drug-likeness (QED) is 0.246. The molecule has 4 nitrogen and oxygen atoms in total. The SMILES string of the molecule is CCCC(C)(C)CC[C@@](C)(CCC(C)(C)[C@]1(C)CC[C@H]2C(C)(C)C(=O)C(C#N)=C[C@]2(C)/C1=C/C(C)=O)C(C)=O. The van der Waals surface area contributed by atoms with Crippen molar-refractivity contribution in [2.75, 3.05) is 0 Å². The molecule has 218 valence electrons. The van der Waals surface area contributed by atoms with Crippen molar-refractivity contribution in [3.8, 4) is 6.07 Å². The van der Waals surface area contributed by atoms with Crippen molar-refractivity contribution in [2.45, 2.75) is 134 Å². The van der Waals surface area contributed by atoms with Crippen LogP contribution in [-0.2, 0) is 14.4 Å². The fourth-order valence-corrected chi connectivity index (χ4v) is 7.87. The third kappa shape index (κ3) is 6.18. The summed E-state index contributed by atoms with van der Waals surface area (Å²) in [6.45, 7) is 25.2. The van der Waals surface area contributed by atoms with E-state index >= 15 is 0 Å². The van der Waals surface area contributed by atoms with Gasteiger partial charge < -0.3 is 0 Å². The standard InChI is InChI=1S/C35H55NO3/c1-13-15-30(4,5)17-19-33(10,25(3)38)20-18-31(6,7)35(12)16-14-27-32(8,9)29(39)26(23-36)22-34(27,11)28(35)21-24(2)37/h21-22,27H,13-20H2,1-12H3/b28-21-/t27-,33-,34-,35+/m0/s1. The zero-order valence-corrected chi connectivity index (χ0v) is 27.1. The molecule has 0 amide bonds. The molecule has 0 aromatic carbocycles. The molecule has 2 aliphatic carbocycles. The predicted molar refractivity (Wildman–Crippen MR) is 160 cm³/mol. The van der Waals surface area contributed by atoms with Gasteiger partial charge in [0.15, 0.2) is 11.6 Å². The Morgan fingerprint density at radius 3 is 2.05 bits per heavy atom. The third-order valence-electron chi connectivity index (χ3n) is 11.4. The highest BCUT2D eigenvalue weighted by molar-refractivity contribution is 6.04. The van der Waals surface area contributed by atoms with E-state index in [1.165, 1.54) is 0 Å². The smallest absolute Gasteiger partial charge is 0.178 e. The molecule has 1 saturated carbocycles. The number of Topliss-reactive ketones (excluding diaryl/α,β-unsaturated/α-hetero) is 2. The van der Waals surface area contributed by atoms with Gasteiger partial charge in [-0.25, -0.2) is 0 Å². The van der Waals surface area contributed by atoms with Gasteiger partial charge in [-0.2, -0.15) is 5.26 Å². The van der Waals surface area contributed by atoms with Crippen LogP contribution in [0.5, 0.6) is 0 Å². The largest absolute Gasteiger partial charge is 0.299 e. The molecule has 0 aromatic rings.